The van der Waals surface area contributed by atoms with Crippen molar-refractivity contribution in [1.29, 1.82) is 0 Å². The zero-order chi connectivity index (χ0) is 15.5. The van der Waals surface area contributed by atoms with Gasteiger partial charge in [-0.2, -0.15) is 0 Å². The van der Waals surface area contributed by atoms with Gasteiger partial charge in [-0.15, -0.1) is 0 Å². The predicted octanol–water partition coefficient (Wildman–Crippen LogP) is 2.50. The highest BCUT2D eigenvalue weighted by Crippen LogP contribution is 2.40. The van der Waals surface area contributed by atoms with Crippen LogP contribution in [-0.2, 0) is 0 Å². The lowest BCUT2D eigenvalue weighted by molar-refractivity contribution is 0.0827. The minimum Gasteiger partial charge on any atom is -0.494 e. The van der Waals surface area contributed by atoms with Crippen molar-refractivity contribution < 1.29 is 9.53 Å². The fourth-order valence-corrected chi connectivity index (χ4v) is 3.47. The first kappa shape index (κ1) is 15.3. The number of fused-ring (bicyclic) bond motifs is 1. The summed E-state index contributed by atoms with van der Waals surface area (Å²) < 4.78 is 5.78. The fourth-order valence-electron chi connectivity index (χ4n) is 3.47. The quantitative estimate of drug-likeness (QED) is 0.757. The Morgan fingerprint density at radius 1 is 1.18 bits per heavy atom. The normalized spacial score (nSPS) is 23.7. The van der Waals surface area contributed by atoms with Crippen LogP contribution in [0.3, 0.4) is 0 Å². The first-order chi connectivity index (χ1) is 10.6. The lowest BCUT2D eigenvalue weighted by atomic mass is 9.77. The molecule has 0 N–H and O–H groups in total. The molecule has 1 aliphatic carbocycles. The summed E-state index contributed by atoms with van der Waals surface area (Å²) in [5.74, 6) is 2.84. The number of likely N-dealkylation sites (tertiary alicyclic amines) is 1. The Labute approximate surface area is 133 Å². The topological polar surface area (TPSA) is 32.8 Å². The van der Waals surface area contributed by atoms with Gasteiger partial charge in [0.25, 0.3) is 5.91 Å². The minimum atomic E-state index is 0.0233. The highest BCUT2D eigenvalue weighted by Gasteiger charge is 2.38. The Bertz CT molecular complexity index is 500. The lowest BCUT2D eigenvalue weighted by Gasteiger charge is -2.28. The van der Waals surface area contributed by atoms with Gasteiger partial charge in [-0.1, -0.05) is 0 Å². The zero-order valence-electron chi connectivity index (χ0n) is 13.6. The summed E-state index contributed by atoms with van der Waals surface area (Å²) in [6, 6.07) is 7.42. The molecule has 1 saturated heterocycles. The second-order valence-electron chi connectivity index (χ2n) is 6.78. The number of nitrogens with zero attached hydrogens (tertiary/aromatic N) is 2. The monoisotopic (exact) mass is 302 g/mol. The second-order valence-corrected chi connectivity index (χ2v) is 6.78. The van der Waals surface area contributed by atoms with Crippen molar-refractivity contribution in [2.75, 3.05) is 40.3 Å². The summed E-state index contributed by atoms with van der Waals surface area (Å²) in [6.45, 7) is 4.48. The highest BCUT2D eigenvalue weighted by molar-refractivity contribution is 5.93. The molecule has 1 amide bonds. The lowest BCUT2D eigenvalue weighted by Crippen LogP contribution is -2.23. The smallest absolute Gasteiger partial charge is 0.253 e. The molecule has 1 aromatic rings. The second kappa shape index (κ2) is 6.69. The Morgan fingerprint density at radius 3 is 2.36 bits per heavy atom. The number of rotatable bonds is 6. The molecule has 0 spiro atoms. The summed E-state index contributed by atoms with van der Waals surface area (Å²) in [7, 11) is 3.52. The molecule has 0 radical (unpaired) electrons. The SMILES string of the molecule is CN(C)C(=O)c1ccc(OCCCN2C[C@H]3CC[C@H]3C2)cc1. The van der Waals surface area contributed by atoms with E-state index in [0.717, 1.165) is 37.2 Å². The summed E-state index contributed by atoms with van der Waals surface area (Å²) in [5, 5.41) is 0. The van der Waals surface area contributed by atoms with E-state index in [4.69, 9.17) is 4.74 Å². The minimum absolute atomic E-state index is 0.0233. The summed E-state index contributed by atoms with van der Waals surface area (Å²) in [6.07, 6.45) is 3.95. The number of carbonyl (C=O) groups is 1. The number of amides is 1. The molecule has 2 atom stereocenters. The van der Waals surface area contributed by atoms with Gasteiger partial charge in [-0.05, 0) is 55.4 Å². The average Bonchev–Trinajstić information content (AvgIpc) is 2.78. The molecule has 4 nitrogen and oxygen atoms in total. The molecule has 1 aromatic carbocycles. The molecule has 120 valence electrons. The molecule has 3 rings (SSSR count). The third-order valence-corrected chi connectivity index (χ3v) is 4.96. The van der Waals surface area contributed by atoms with Crippen LogP contribution in [0.2, 0.25) is 0 Å². The molecule has 1 heterocycles. The molecular weight excluding hydrogens is 276 g/mol. The molecule has 0 unspecified atom stereocenters. The summed E-state index contributed by atoms with van der Waals surface area (Å²) >= 11 is 0. The van der Waals surface area contributed by atoms with E-state index in [1.807, 2.05) is 24.3 Å². The third-order valence-electron chi connectivity index (χ3n) is 4.96. The van der Waals surface area contributed by atoms with Crippen LogP contribution in [0.1, 0.15) is 29.6 Å². The van der Waals surface area contributed by atoms with Crippen molar-refractivity contribution in [2.24, 2.45) is 11.8 Å². The summed E-state index contributed by atoms with van der Waals surface area (Å²) in [5.41, 5.74) is 0.699. The molecule has 4 heteroatoms. The Balaban J connectivity index is 1.37. The molecule has 1 saturated carbocycles. The first-order valence-corrected chi connectivity index (χ1v) is 8.30. The van der Waals surface area contributed by atoms with Gasteiger partial charge in [-0.3, -0.25) is 4.79 Å². The molecule has 1 aliphatic heterocycles. The van der Waals surface area contributed by atoms with Gasteiger partial charge in [-0.25, -0.2) is 0 Å². The third kappa shape index (κ3) is 3.43. The zero-order valence-corrected chi connectivity index (χ0v) is 13.6. The van der Waals surface area contributed by atoms with Gasteiger partial charge in [0, 0.05) is 39.3 Å². The van der Waals surface area contributed by atoms with Gasteiger partial charge < -0.3 is 14.5 Å². The van der Waals surface area contributed by atoms with Crippen molar-refractivity contribution in [3.63, 3.8) is 0 Å². The van der Waals surface area contributed by atoms with Gasteiger partial charge >= 0.3 is 0 Å². The van der Waals surface area contributed by atoms with Crippen molar-refractivity contribution in [3.05, 3.63) is 29.8 Å². The van der Waals surface area contributed by atoms with E-state index >= 15 is 0 Å². The van der Waals surface area contributed by atoms with E-state index in [-0.39, 0.29) is 5.91 Å². The molecular formula is C18H26N2O2. The van der Waals surface area contributed by atoms with Crippen molar-refractivity contribution in [1.82, 2.24) is 9.80 Å². The van der Waals surface area contributed by atoms with E-state index in [0.29, 0.717) is 5.56 Å². The Hall–Kier alpha value is -1.55. The maximum atomic E-state index is 11.8. The van der Waals surface area contributed by atoms with E-state index in [9.17, 15) is 4.79 Å². The van der Waals surface area contributed by atoms with Crippen molar-refractivity contribution >= 4 is 5.91 Å². The van der Waals surface area contributed by atoms with Crippen molar-refractivity contribution in [2.45, 2.75) is 19.3 Å². The van der Waals surface area contributed by atoms with Crippen LogP contribution in [0.5, 0.6) is 5.75 Å². The van der Waals surface area contributed by atoms with Crippen LogP contribution < -0.4 is 4.74 Å². The van der Waals surface area contributed by atoms with Crippen LogP contribution in [0.25, 0.3) is 0 Å². The largest absolute Gasteiger partial charge is 0.494 e. The van der Waals surface area contributed by atoms with Gasteiger partial charge in [0.2, 0.25) is 0 Å². The van der Waals surface area contributed by atoms with E-state index in [1.54, 1.807) is 19.0 Å². The molecule has 0 bridgehead atoms. The number of ether oxygens (including phenoxy) is 1. The van der Waals surface area contributed by atoms with Crippen LogP contribution in [0.15, 0.2) is 24.3 Å². The van der Waals surface area contributed by atoms with Gasteiger partial charge in [0.1, 0.15) is 5.75 Å². The van der Waals surface area contributed by atoms with Gasteiger partial charge in [0.15, 0.2) is 0 Å². The van der Waals surface area contributed by atoms with Crippen LogP contribution in [-0.4, -0.2) is 56.0 Å². The Morgan fingerprint density at radius 2 is 1.82 bits per heavy atom. The summed E-state index contributed by atoms with van der Waals surface area (Å²) in [4.78, 5) is 16.0. The standard InChI is InChI=1S/C18H26N2O2/c1-19(2)18(21)14-6-8-17(9-7-14)22-11-3-10-20-12-15-4-5-16(15)13-20/h6-9,15-16H,3-5,10-13H2,1-2H3/t15-,16+. The highest BCUT2D eigenvalue weighted by atomic mass is 16.5. The number of hydrogen-bond donors (Lipinski definition) is 0. The van der Waals surface area contributed by atoms with E-state index in [1.165, 1.54) is 25.9 Å². The molecule has 22 heavy (non-hydrogen) atoms. The molecule has 2 aliphatic rings. The fraction of sp³-hybridized carbons (Fsp3) is 0.611. The maximum Gasteiger partial charge on any atom is 0.253 e. The molecule has 0 aromatic heterocycles. The molecule has 2 fully saturated rings. The average molecular weight is 302 g/mol. The number of carbonyl (C=O) groups excluding carboxylic acids is 1. The van der Waals surface area contributed by atoms with Crippen molar-refractivity contribution in [3.8, 4) is 5.75 Å². The van der Waals surface area contributed by atoms with Gasteiger partial charge in [0.05, 0.1) is 6.61 Å². The predicted molar refractivity (Wildman–Crippen MR) is 87.2 cm³/mol. The number of hydrogen-bond acceptors (Lipinski definition) is 3. The maximum absolute atomic E-state index is 11.8. The van der Waals surface area contributed by atoms with Crippen LogP contribution in [0.4, 0.5) is 0 Å². The number of benzene rings is 1. The van der Waals surface area contributed by atoms with E-state index < -0.39 is 0 Å². The first-order valence-electron chi connectivity index (χ1n) is 8.30. The van der Waals surface area contributed by atoms with E-state index in [2.05, 4.69) is 4.90 Å². The van der Waals surface area contributed by atoms with Crippen LogP contribution in [0, 0.1) is 11.8 Å². The van der Waals surface area contributed by atoms with Crippen LogP contribution >= 0.6 is 0 Å². The Kier molecular flexibility index (Phi) is 4.67.